The Morgan fingerprint density at radius 3 is 2.29 bits per heavy atom. The molecule has 5 heteroatoms. The first-order valence-corrected chi connectivity index (χ1v) is 7.27. The van der Waals surface area contributed by atoms with Crippen LogP contribution in [0.15, 0.2) is 18.2 Å². The van der Waals surface area contributed by atoms with Crippen molar-refractivity contribution in [3.8, 4) is 0 Å². The molecule has 0 unspecified atom stereocenters. The number of fused-ring (bicyclic) bond motifs is 1. The van der Waals surface area contributed by atoms with Crippen molar-refractivity contribution in [1.82, 2.24) is 19.8 Å². The quantitative estimate of drug-likeness (QED) is 0.798. The molecule has 2 aromatic rings. The van der Waals surface area contributed by atoms with Crippen molar-refractivity contribution < 1.29 is 4.79 Å². The van der Waals surface area contributed by atoms with E-state index in [9.17, 15) is 4.79 Å². The van der Waals surface area contributed by atoms with E-state index >= 15 is 0 Å². The summed E-state index contributed by atoms with van der Waals surface area (Å²) < 4.78 is 0. The maximum atomic E-state index is 12.6. The van der Waals surface area contributed by atoms with Crippen molar-refractivity contribution in [2.45, 2.75) is 13.8 Å². The molecule has 0 saturated carbocycles. The van der Waals surface area contributed by atoms with Gasteiger partial charge >= 0.3 is 0 Å². The lowest BCUT2D eigenvalue weighted by molar-refractivity contribution is 0.0664. The van der Waals surface area contributed by atoms with Crippen LogP contribution < -0.4 is 0 Å². The minimum Gasteiger partial charge on any atom is -0.336 e. The molecule has 0 atom stereocenters. The molecule has 5 nitrogen and oxygen atoms in total. The Balaban J connectivity index is 1.90. The van der Waals surface area contributed by atoms with E-state index in [1.165, 1.54) is 0 Å². The Kier molecular flexibility index (Phi) is 3.59. The van der Waals surface area contributed by atoms with Crippen molar-refractivity contribution in [2.75, 3.05) is 33.2 Å². The Morgan fingerprint density at radius 2 is 1.62 bits per heavy atom. The van der Waals surface area contributed by atoms with E-state index in [1.807, 2.05) is 36.9 Å². The summed E-state index contributed by atoms with van der Waals surface area (Å²) >= 11 is 0. The second-order valence-corrected chi connectivity index (χ2v) is 5.69. The van der Waals surface area contributed by atoms with Crippen molar-refractivity contribution >= 4 is 16.9 Å². The predicted molar refractivity (Wildman–Crippen MR) is 82.4 cm³/mol. The normalized spacial score (nSPS) is 16.4. The molecule has 0 N–H and O–H groups in total. The van der Waals surface area contributed by atoms with Gasteiger partial charge in [0, 0.05) is 31.7 Å². The second-order valence-electron chi connectivity index (χ2n) is 5.69. The predicted octanol–water partition coefficient (Wildman–Crippen LogP) is 1.63. The van der Waals surface area contributed by atoms with Crippen LogP contribution in [-0.4, -0.2) is 58.9 Å². The van der Waals surface area contributed by atoms with Gasteiger partial charge in [0.15, 0.2) is 0 Å². The highest BCUT2D eigenvalue weighted by molar-refractivity contribution is 5.97. The molecule has 1 amide bonds. The van der Waals surface area contributed by atoms with E-state index in [-0.39, 0.29) is 5.91 Å². The van der Waals surface area contributed by atoms with E-state index in [1.54, 1.807) is 0 Å². The number of aryl methyl sites for hydroxylation is 2. The molecule has 1 aliphatic rings. The van der Waals surface area contributed by atoms with Gasteiger partial charge in [-0.15, -0.1) is 0 Å². The Labute approximate surface area is 124 Å². The lowest BCUT2D eigenvalue weighted by Gasteiger charge is -2.32. The van der Waals surface area contributed by atoms with Gasteiger partial charge in [0.2, 0.25) is 0 Å². The smallest absolute Gasteiger partial charge is 0.254 e. The zero-order valence-corrected chi connectivity index (χ0v) is 12.8. The van der Waals surface area contributed by atoms with Crippen LogP contribution in [0, 0.1) is 13.8 Å². The number of carbonyl (C=O) groups excluding carboxylic acids is 1. The molecule has 2 heterocycles. The topological polar surface area (TPSA) is 49.3 Å². The van der Waals surface area contributed by atoms with Gasteiger partial charge in [-0.05, 0) is 39.1 Å². The van der Waals surface area contributed by atoms with Gasteiger partial charge in [0.1, 0.15) is 0 Å². The van der Waals surface area contributed by atoms with Crippen LogP contribution in [0.1, 0.15) is 21.7 Å². The second kappa shape index (κ2) is 5.41. The standard InChI is InChI=1S/C16H20N4O/c1-11-12(2)18-15-10-13(4-5-14(15)17-11)16(21)20-8-6-19(3)7-9-20/h4-5,10H,6-9H2,1-3H3. The fourth-order valence-corrected chi connectivity index (χ4v) is 2.56. The molecule has 3 rings (SSSR count). The van der Waals surface area contributed by atoms with Crippen molar-refractivity contribution in [1.29, 1.82) is 0 Å². The van der Waals surface area contributed by atoms with E-state index in [4.69, 9.17) is 0 Å². The van der Waals surface area contributed by atoms with Gasteiger partial charge in [-0.3, -0.25) is 4.79 Å². The summed E-state index contributed by atoms with van der Waals surface area (Å²) in [5, 5.41) is 0. The lowest BCUT2D eigenvalue weighted by Crippen LogP contribution is -2.47. The van der Waals surface area contributed by atoms with Crippen LogP contribution in [0.3, 0.4) is 0 Å². The van der Waals surface area contributed by atoms with Gasteiger partial charge in [0.05, 0.1) is 22.4 Å². The molecule has 0 aliphatic carbocycles. The van der Waals surface area contributed by atoms with E-state index < -0.39 is 0 Å². The summed E-state index contributed by atoms with van der Waals surface area (Å²) in [7, 11) is 2.08. The summed E-state index contributed by atoms with van der Waals surface area (Å²) in [6.07, 6.45) is 0. The number of nitrogens with zero attached hydrogens (tertiary/aromatic N) is 4. The van der Waals surface area contributed by atoms with E-state index in [0.29, 0.717) is 5.56 Å². The highest BCUT2D eigenvalue weighted by Crippen LogP contribution is 2.16. The number of likely N-dealkylation sites (N-methyl/N-ethyl adjacent to an activating group) is 1. The Bertz CT molecular complexity index is 690. The number of amides is 1. The molecule has 0 bridgehead atoms. The summed E-state index contributed by atoms with van der Waals surface area (Å²) in [5.74, 6) is 0.0880. The maximum Gasteiger partial charge on any atom is 0.254 e. The maximum absolute atomic E-state index is 12.6. The number of rotatable bonds is 1. The summed E-state index contributed by atoms with van der Waals surface area (Å²) in [5.41, 5.74) is 4.17. The first-order chi connectivity index (χ1) is 10.0. The van der Waals surface area contributed by atoms with Gasteiger partial charge in [-0.25, -0.2) is 9.97 Å². The monoisotopic (exact) mass is 284 g/mol. The Morgan fingerprint density at radius 1 is 1.00 bits per heavy atom. The molecule has 0 radical (unpaired) electrons. The highest BCUT2D eigenvalue weighted by atomic mass is 16.2. The molecule has 1 saturated heterocycles. The van der Waals surface area contributed by atoms with Crippen LogP contribution in [0.2, 0.25) is 0 Å². The minimum atomic E-state index is 0.0880. The molecular weight excluding hydrogens is 264 g/mol. The molecule has 110 valence electrons. The SMILES string of the molecule is Cc1nc2ccc(C(=O)N3CCN(C)CC3)cc2nc1C. The largest absolute Gasteiger partial charge is 0.336 e. The van der Waals surface area contributed by atoms with Crippen molar-refractivity contribution in [2.24, 2.45) is 0 Å². The van der Waals surface area contributed by atoms with Crippen LogP contribution >= 0.6 is 0 Å². The number of hydrogen-bond acceptors (Lipinski definition) is 4. The van der Waals surface area contributed by atoms with Crippen molar-refractivity contribution in [3.05, 3.63) is 35.2 Å². The molecule has 1 fully saturated rings. The first kappa shape index (κ1) is 13.9. The lowest BCUT2D eigenvalue weighted by atomic mass is 10.1. The summed E-state index contributed by atoms with van der Waals surface area (Å²) in [6, 6.07) is 5.60. The number of piperazine rings is 1. The van der Waals surface area contributed by atoms with Gasteiger partial charge < -0.3 is 9.80 Å². The number of aromatic nitrogens is 2. The third-order valence-corrected chi connectivity index (χ3v) is 4.11. The third kappa shape index (κ3) is 2.74. The highest BCUT2D eigenvalue weighted by Gasteiger charge is 2.20. The molecular formula is C16H20N4O. The number of hydrogen-bond donors (Lipinski definition) is 0. The number of benzene rings is 1. The third-order valence-electron chi connectivity index (χ3n) is 4.11. The van der Waals surface area contributed by atoms with Crippen LogP contribution in [0.4, 0.5) is 0 Å². The average Bonchev–Trinajstić information content (AvgIpc) is 2.48. The van der Waals surface area contributed by atoms with Crippen LogP contribution in [0.25, 0.3) is 11.0 Å². The molecule has 1 aromatic carbocycles. The molecule has 1 aliphatic heterocycles. The van der Waals surface area contributed by atoms with Gasteiger partial charge in [-0.2, -0.15) is 0 Å². The minimum absolute atomic E-state index is 0.0880. The molecule has 0 spiro atoms. The average molecular weight is 284 g/mol. The summed E-state index contributed by atoms with van der Waals surface area (Å²) in [6.45, 7) is 7.31. The van der Waals surface area contributed by atoms with Gasteiger partial charge in [-0.1, -0.05) is 0 Å². The van der Waals surface area contributed by atoms with E-state index in [0.717, 1.165) is 48.6 Å². The summed E-state index contributed by atoms with van der Waals surface area (Å²) in [4.78, 5) is 25.7. The van der Waals surface area contributed by atoms with Crippen LogP contribution in [-0.2, 0) is 0 Å². The fourth-order valence-electron chi connectivity index (χ4n) is 2.56. The zero-order chi connectivity index (χ0) is 15.0. The fraction of sp³-hybridized carbons (Fsp3) is 0.438. The molecule has 21 heavy (non-hydrogen) atoms. The molecule has 1 aromatic heterocycles. The number of carbonyl (C=O) groups is 1. The first-order valence-electron chi connectivity index (χ1n) is 7.27. The van der Waals surface area contributed by atoms with Crippen LogP contribution in [0.5, 0.6) is 0 Å². The zero-order valence-electron chi connectivity index (χ0n) is 12.8. The van der Waals surface area contributed by atoms with Crippen molar-refractivity contribution in [3.63, 3.8) is 0 Å². The Hall–Kier alpha value is -2.01. The van der Waals surface area contributed by atoms with Gasteiger partial charge in [0.25, 0.3) is 5.91 Å². The van der Waals surface area contributed by atoms with E-state index in [2.05, 4.69) is 21.9 Å².